The number of carbonyl (C=O) groups is 1. The van der Waals surface area contributed by atoms with Crippen LogP contribution in [0.1, 0.15) is 15.4 Å². The summed E-state index contributed by atoms with van der Waals surface area (Å²) in [6, 6.07) is 14.5. The first-order chi connectivity index (χ1) is 12.1. The van der Waals surface area contributed by atoms with Crippen molar-refractivity contribution in [2.24, 2.45) is 0 Å². The van der Waals surface area contributed by atoms with Gasteiger partial charge in [0, 0.05) is 0 Å². The molecule has 0 saturated heterocycles. The van der Waals surface area contributed by atoms with Crippen molar-refractivity contribution in [1.82, 2.24) is 9.78 Å². The lowest BCUT2D eigenvalue weighted by molar-refractivity contribution is 0.103. The third-order valence-corrected chi connectivity index (χ3v) is 4.62. The average molecular weight is 351 g/mol. The fraction of sp³-hybridized carbons (Fsp3) is 0.0556. The van der Waals surface area contributed by atoms with E-state index in [9.17, 15) is 9.59 Å². The summed E-state index contributed by atoms with van der Waals surface area (Å²) in [4.78, 5) is 25.0. The minimum atomic E-state index is -0.616. The van der Waals surface area contributed by atoms with Crippen LogP contribution in [0, 0.1) is 6.92 Å². The van der Waals surface area contributed by atoms with Crippen molar-refractivity contribution >= 4 is 34.0 Å². The molecular weight excluding hydrogens is 338 g/mol. The molecule has 0 atom stereocenters. The van der Waals surface area contributed by atoms with Crippen molar-refractivity contribution in [1.29, 1.82) is 0 Å². The van der Waals surface area contributed by atoms with Gasteiger partial charge in [0.05, 0.1) is 21.6 Å². The van der Waals surface area contributed by atoms with Gasteiger partial charge in [-0.1, -0.05) is 24.3 Å². The van der Waals surface area contributed by atoms with E-state index >= 15 is 0 Å². The highest BCUT2D eigenvalue weighted by Gasteiger charge is 2.17. The van der Waals surface area contributed by atoms with Gasteiger partial charge in [0.15, 0.2) is 0 Å². The van der Waals surface area contributed by atoms with Gasteiger partial charge in [0.25, 0.3) is 5.91 Å². The number of carbonyl (C=O) groups excluding carboxylic acids is 1. The van der Waals surface area contributed by atoms with Crippen molar-refractivity contribution in [2.45, 2.75) is 6.92 Å². The van der Waals surface area contributed by atoms with Crippen LogP contribution in [0.4, 0.5) is 5.69 Å². The lowest BCUT2D eigenvalue weighted by Crippen LogP contribution is -2.17. The number of nitrogens with zero attached hydrogens (tertiary/aromatic N) is 2. The first kappa shape index (κ1) is 15.3. The Labute approximate surface area is 146 Å². The predicted octanol–water partition coefficient (Wildman–Crippen LogP) is 3.60. The Morgan fingerprint density at radius 3 is 2.72 bits per heavy atom. The van der Waals surface area contributed by atoms with Crippen molar-refractivity contribution < 1.29 is 9.21 Å². The summed E-state index contributed by atoms with van der Waals surface area (Å²) in [5.41, 5.74) is 1.33. The van der Waals surface area contributed by atoms with Crippen LogP contribution in [0.3, 0.4) is 0 Å². The molecule has 3 aromatic heterocycles. The minimum Gasteiger partial charge on any atom is -0.402 e. The first-order valence-corrected chi connectivity index (χ1v) is 8.45. The molecular formula is C18H13N3O3S. The second-order valence-electron chi connectivity index (χ2n) is 5.43. The maximum atomic E-state index is 12.3. The number of anilines is 1. The Morgan fingerprint density at radius 2 is 2.00 bits per heavy atom. The average Bonchev–Trinajstić information content (AvgIpc) is 3.25. The van der Waals surface area contributed by atoms with E-state index in [0.29, 0.717) is 21.7 Å². The van der Waals surface area contributed by atoms with Gasteiger partial charge < -0.3 is 9.73 Å². The topological polar surface area (TPSA) is 77.1 Å². The summed E-state index contributed by atoms with van der Waals surface area (Å²) < 4.78 is 7.03. The number of aromatic nitrogens is 2. The molecule has 0 fully saturated rings. The lowest BCUT2D eigenvalue weighted by atomic mass is 10.2. The summed E-state index contributed by atoms with van der Waals surface area (Å²) in [6.07, 6.45) is 0. The van der Waals surface area contributed by atoms with E-state index < -0.39 is 5.63 Å². The van der Waals surface area contributed by atoms with Crippen molar-refractivity contribution in [3.05, 3.63) is 74.9 Å². The zero-order valence-electron chi connectivity index (χ0n) is 13.2. The van der Waals surface area contributed by atoms with E-state index in [-0.39, 0.29) is 11.6 Å². The molecule has 0 aliphatic rings. The predicted molar refractivity (Wildman–Crippen MR) is 96.6 cm³/mol. The molecule has 124 valence electrons. The van der Waals surface area contributed by atoms with E-state index in [1.54, 1.807) is 28.3 Å². The van der Waals surface area contributed by atoms with E-state index in [2.05, 4.69) is 10.4 Å². The van der Waals surface area contributed by atoms with Crippen LogP contribution < -0.4 is 10.9 Å². The second kappa shape index (κ2) is 6.03. The van der Waals surface area contributed by atoms with Crippen LogP contribution in [0.15, 0.2) is 63.1 Å². The fourth-order valence-corrected chi connectivity index (χ4v) is 3.17. The summed E-state index contributed by atoms with van der Waals surface area (Å²) in [6.45, 7) is 1.83. The molecule has 4 aromatic rings. The van der Waals surface area contributed by atoms with Crippen LogP contribution in [-0.4, -0.2) is 15.7 Å². The number of aryl methyl sites for hydroxylation is 1. The largest absolute Gasteiger partial charge is 0.402 e. The molecule has 0 radical (unpaired) electrons. The molecule has 1 N–H and O–H groups in total. The highest BCUT2D eigenvalue weighted by atomic mass is 32.1. The minimum absolute atomic E-state index is 0.0987. The standard InChI is InChI=1S/C18H13N3O3S/c1-11-13-10-14(19-16(22)15-8-5-9-25-15)18(23)24-17(13)21(20-11)12-6-3-2-4-7-12/h2-10H,1H3,(H,19,22). The third-order valence-electron chi connectivity index (χ3n) is 3.75. The van der Waals surface area contributed by atoms with Crippen LogP contribution in [0.5, 0.6) is 0 Å². The molecule has 0 aliphatic heterocycles. The maximum absolute atomic E-state index is 12.3. The molecule has 0 bridgehead atoms. The Kier molecular flexibility index (Phi) is 3.70. The van der Waals surface area contributed by atoms with Crippen LogP contribution in [0.2, 0.25) is 0 Å². The molecule has 4 rings (SSSR count). The van der Waals surface area contributed by atoms with Crippen LogP contribution in [-0.2, 0) is 0 Å². The van der Waals surface area contributed by atoms with E-state index in [1.807, 2.05) is 37.3 Å². The highest BCUT2D eigenvalue weighted by Crippen LogP contribution is 2.23. The number of rotatable bonds is 3. The first-order valence-electron chi connectivity index (χ1n) is 7.57. The number of para-hydroxylation sites is 1. The maximum Gasteiger partial charge on any atom is 0.361 e. The molecule has 0 aliphatic carbocycles. The number of nitrogens with one attached hydrogen (secondary N) is 1. The number of benzene rings is 1. The van der Waals surface area contributed by atoms with Gasteiger partial charge in [0.1, 0.15) is 5.69 Å². The van der Waals surface area contributed by atoms with Gasteiger partial charge >= 0.3 is 5.63 Å². The number of amides is 1. The normalized spacial score (nSPS) is 10.9. The van der Waals surface area contributed by atoms with E-state index in [4.69, 9.17) is 4.42 Å². The lowest BCUT2D eigenvalue weighted by Gasteiger charge is -2.04. The molecule has 3 heterocycles. The monoisotopic (exact) mass is 351 g/mol. The zero-order valence-corrected chi connectivity index (χ0v) is 14.0. The molecule has 7 heteroatoms. The smallest absolute Gasteiger partial charge is 0.361 e. The van der Waals surface area contributed by atoms with Gasteiger partial charge in [-0.05, 0) is 36.6 Å². The van der Waals surface area contributed by atoms with E-state index in [0.717, 1.165) is 5.69 Å². The van der Waals surface area contributed by atoms with Gasteiger partial charge in [-0.2, -0.15) is 9.78 Å². The summed E-state index contributed by atoms with van der Waals surface area (Å²) in [5, 5.41) is 9.53. The number of hydrogen-bond acceptors (Lipinski definition) is 5. The summed E-state index contributed by atoms with van der Waals surface area (Å²) in [5.74, 6) is -0.338. The Balaban J connectivity index is 1.79. The highest BCUT2D eigenvalue weighted by molar-refractivity contribution is 7.12. The van der Waals surface area contributed by atoms with Crippen molar-refractivity contribution in [2.75, 3.05) is 5.32 Å². The molecule has 0 saturated carbocycles. The molecule has 6 nitrogen and oxygen atoms in total. The fourth-order valence-electron chi connectivity index (χ4n) is 2.55. The second-order valence-corrected chi connectivity index (χ2v) is 6.38. The van der Waals surface area contributed by atoms with E-state index in [1.165, 1.54) is 11.3 Å². The molecule has 25 heavy (non-hydrogen) atoms. The Bertz CT molecular complexity index is 1110. The van der Waals surface area contributed by atoms with Crippen LogP contribution in [0.25, 0.3) is 16.8 Å². The van der Waals surface area contributed by atoms with Gasteiger partial charge in [-0.3, -0.25) is 4.79 Å². The van der Waals surface area contributed by atoms with Gasteiger partial charge in [-0.15, -0.1) is 11.3 Å². The van der Waals surface area contributed by atoms with Gasteiger partial charge in [0.2, 0.25) is 5.71 Å². The Morgan fingerprint density at radius 1 is 1.20 bits per heavy atom. The SMILES string of the molecule is Cc1nn(-c2ccccc2)c2oc(=O)c(NC(=O)c3cccs3)cc12. The quantitative estimate of drug-likeness (QED) is 0.612. The molecule has 0 unspecified atom stereocenters. The molecule has 1 aromatic carbocycles. The van der Waals surface area contributed by atoms with Gasteiger partial charge in [-0.25, -0.2) is 4.79 Å². The number of hydrogen-bond donors (Lipinski definition) is 1. The molecule has 1 amide bonds. The summed E-state index contributed by atoms with van der Waals surface area (Å²) >= 11 is 1.30. The zero-order chi connectivity index (χ0) is 17.4. The third kappa shape index (κ3) is 2.74. The van der Waals surface area contributed by atoms with Crippen molar-refractivity contribution in [3.8, 4) is 5.69 Å². The van der Waals surface area contributed by atoms with Crippen molar-refractivity contribution in [3.63, 3.8) is 0 Å². The number of thiophene rings is 1. The Hall–Kier alpha value is -3.19. The van der Waals surface area contributed by atoms with Crippen LogP contribution >= 0.6 is 11.3 Å². The number of fused-ring (bicyclic) bond motifs is 1. The summed E-state index contributed by atoms with van der Waals surface area (Å²) in [7, 11) is 0. The molecule has 0 spiro atoms.